The number of aryl methyl sites for hydroxylation is 4. The molecule has 1 aliphatic rings. The zero-order valence-electron chi connectivity index (χ0n) is 15.5. The number of thiazole rings is 1. The second-order valence-electron chi connectivity index (χ2n) is 6.30. The molecule has 0 aliphatic carbocycles. The van der Waals surface area contributed by atoms with Gasteiger partial charge >= 0.3 is 0 Å². The molecule has 0 saturated heterocycles. The predicted molar refractivity (Wildman–Crippen MR) is 101 cm³/mol. The average Bonchev–Trinajstić information content (AvgIpc) is 3.15. The summed E-state index contributed by atoms with van der Waals surface area (Å²) in [6.07, 6.45) is 2.88. The van der Waals surface area contributed by atoms with E-state index in [2.05, 4.69) is 46.5 Å². The summed E-state index contributed by atoms with van der Waals surface area (Å²) >= 11 is 1.72. The van der Waals surface area contributed by atoms with Crippen molar-refractivity contribution in [1.29, 1.82) is 0 Å². The molecule has 3 heterocycles. The first-order chi connectivity index (χ1) is 12.1. The Balaban J connectivity index is 1.64. The zero-order valence-corrected chi connectivity index (χ0v) is 16.3. The number of guanidine groups is 1. The van der Waals surface area contributed by atoms with Gasteiger partial charge in [-0.1, -0.05) is 6.92 Å². The summed E-state index contributed by atoms with van der Waals surface area (Å²) in [5, 5.41) is 12.5. The number of rotatable bonds is 5. The second-order valence-corrected chi connectivity index (χ2v) is 7.59. The molecule has 0 spiro atoms. The molecule has 0 bridgehead atoms. The SMILES string of the molecule is CCNC(=NCc1nc(C)c(C)s1)NC1CCc2nc(CC)nn2C1. The van der Waals surface area contributed by atoms with Crippen LogP contribution in [0.1, 0.15) is 47.5 Å². The van der Waals surface area contributed by atoms with Crippen LogP contribution < -0.4 is 10.6 Å². The molecule has 0 saturated carbocycles. The largest absolute Gasteiger partial charge is 0.357 e. The first-order valence-electron chi connectivity index (χ1n) is 8.99. The van der Waals surface area contributed by atoms with E-state index in [-0.39, 0.29) is 0 Å². The van der Waals surface area contributed by atoms with Crippen LogP contribution in [-0.4, -0.2) is 38.3 Å². The van der Waals surface area contributed by atoms with Gasteiger partial charge in [0.05, 0.1) is 18.8 Å². The Hall–Kier alpha value is -1.96. The topological polar surface area (TPSA) is 80.0 Å². The number of aromatic nitrogens is 4. The Morgan fingerprint density at radius 2 is 2.16 bits per heavy atom. The first-order valence-corrected chi connectivity index (χ1v) is 9.81. The van der Waals surface area contributed by atoms with Gasteiger partial charge in [0, 0.05) is 30.3 Å². The van der Waals surface area contributed by atoms with E-state index in [0.29, 0.717) is 12.6 Å². The first kappa shape index (κ1) is 17.8. The monoisotopic (exact) mass is 361 g/mol. The minimum Gasteiger partial charge on any atom is -0.357 e. The van der Waals surface area contributed by atoms with Crippen molar-refractivity contribution in [2.75, 3.05) is 6.54 Å². The van der Waals surface area contributed by atoms with Crippen LogP contribution in [0, 0.1) is 13.8 Å². The molecule has 8 heteroatoms. The number of hydrogen-bond acceptors (Lipinski definition) is 5. The third kappa shape index (κ3) is 4.36. The van der Waals surface area contributed by atoms with Gasteiger partial charge in [-0.3, -0.25) is 0 Å². The van der Waals surface area contributed by atoms with Gasteiger partial charge in [-0.05, 0) is 27.2 Å². The molecule has 0 amide bonds. The molecular formula is C17H27N7S. The van der Waals surface area contributed by atoms with E-state index in [0.717, 1.165) is 60.7 Å². The fourth-order valence-electron chi connectivity index (χ4n) is 2.90. The van der Waals surface area contributed by atoms with E-state index in [4.69, 9.17) is 4.99 Å². The number of nitrogens with one attached hydrogen (secondary N) is 2. The fraction of sp³-hybridized carbons (Fsp3) is 0.647. The Kier molecular flexibility index (Phi) is 5.67. The van der Waals surface area contributed by atoms with Crippen molar-refractivity contribution >= 4 is 17.3 Å². The summed E-state index contributed by atoms with van der Waals surface area (Å²) in [5.74, 6) is 2.88. The highest BCUT2D eigenvalue weighted by Gasteiger charge is 2.22. The maximum absolute atomic E-state index is 4.71. The summed E-state index contributed by atoms with van der Waals surface area (Å²) in [6, 6.07) is 0.316. The van der Waals surface area contributed by atoms with Gasteiger partial charge in [-0.15, -0.1) is 11.3 Å². The minimum atomic E-state index is 0.316. The highest BCUT2D eigenvalue weighted by molar-refractivity contribution is 7.11. The molecule has 136 valence electrons. The lowest BCUT2D eigenvalue weighted by molar-refractivity contribution is 0.392. The molecule has 3 rings (SSSR count). The fourth-order valence-corrected chi connectivity index (χ4v) is 3.75. The lowest BCUT2D eigenvalue weighted by Gasteiger charge is -2.25. The van der Waals surface area contributed by atoms with Gasteiger partial charge in [0.2, 0.25) is 0 Å². The summed E-state index contributed by atoms with van der Waals surface area (Å²) < 4.78 is 2.04. The van der Waals surface area contributed by atoms with E-state index in [1.54, 1.807) is 11.3 Å². The van der Waals surface area contributed by atoms with Crippen molar-refractivity contribution < 1.29 is 0 Å². The Bertz CT molecular complexity index is 727. The van der Waals surface area contributed by atoms with E-state index >= 15 is 0 Å². The van der Waals surface area contributed by atoms with Gasteiger partial charge in [-0.25, -0.2) is 19.6 Å². The summed E-state index contributed by atoms with van der Waals surface area (Å²) in [7, 11) is 0. The van der Waals surface area contributed by atoms with Gasteiger partial charge in [-0.2, -0.15) is 5.10 Å². The van der Waals surface area contributed by atoms with Crippen LogP contribution in [0.15, 0.2) is 4.99 Å². The van der Waals surface area contributed by atoms with E-state index < -0.39 is 0 Å². The summed E-state index contributed by atoms with van der Waals surface area (Å²) in [4.78, 5) is 15.1. The van der Waals surface area contributed by atoms with Crippen molar-refractivity contribution in [1.82, 2.24) is 30.4 Å². The zero-order chi connectivity index (χ0) is 17.8. The second kappa shape index (κ2) is 7.95. The lowest BCUT2D eigenvalue weighted by atomic mass is 10.1. The molecule has 1 atom stereocenters. The molecule has 0 fully saturated rings. The standard InChI is InChI=1S/C17H27N7S/c1-5-14-22-15-8-7-13(10-24(15)23-14)21-17(18-6-2)19-9-16-20-11(3)12(4)25-16/h13H,5-10H2,1-4H3,(H2,18,19,21). The average molecular weight is 362 g/mol. The highest BCUT2D eigenvalue weighted by atomic mass is 32.1. The summed E-state index contributed by atoms with van der Waals surface area (Å²) in [5.41, 5.74) is 1.10. The van der Waals surface area contributed by atoms with Gasteiger partial charge in [0.15, 0.2) is 11.8 Å². The third-order valence-electron chi connectivity index (χ3n) is 4.35. The van der Waals surface area contributed by atoms with Crippen LogP contribution >= 0.6 is 11.3 Å². The molecule has 2 aromatic rings. The van der Waals surface area contributed by atoms with Crippen molar-refractivity contribution in [2.45, 2.75) is 66.1 Å². The molecule has 2 aromatic heterocycles. The Morgan fingerprint density at radius 3 is 2.84 bits per heavy atom. The minimum absolute atomic E-state index is 0.316. The van der Waals surface area contributed by atoms with Gasteiger partial charge < -0.3 is 10.6 Å². The van der Waals surface area contributed by atoms with Crippen LogP contribution in [0.2, 0.25) is 0 Å². The van der Waals surface area contributed by atoms with Crippen molar-refractivity contribution in [2.24, 2.45) is 4.99 Å². The summed E-state index contributed by atoms with van der Waals surface area (Å²) in [6.45, 7) is 10.6. The van der Waals surface area contributed by atoms with E-state index in [1.165, 1.54) is 4.88 Å². The predicted octanol–water partition coefficient (Wildman–Crippen LogP) is 1.98. The highest BCUT2D eigenvalue weighted by Crippen LogP contribution is 2.17. The maximum Gasteiger partial charge on any atom is 0.191 e. The number of fused-ring (bicyclic) bond motifs is 1. The third-order valence-corrected chi connectivity index (χ3v) is 5.41. The Morgan fingerprint density at radius 1 is 1.32 bits per heavy atom. The van der Waals surface area contributed by atoms with Gasteiger partial charge in [0.25, 0.3) is 0 Å². The van der Waals surface area contributed by atoms with Crippen LogP contribution in [0.25, 0.3) is 0 Å². The van der Waals surface area contributed by atoms with Crippen molar-refractivity contribution in [3.8, 4) is 0 Å². The molecule has 25 heavy (non-hydrogen) atoms. The van der Waals surface area contributed by atoms with Crippen molar-refractivity contribution in [3.63, 3.8) is 0 Å². The molecule has 2 N–H and O–H groups in total. The molecule has 7 nitrogen and oxygen atoms in total. The van der Waals surface area contributed by atoms with E-state index in [9.17, 15) is 0 Å². The molecule has 1 aliphatic heterocycles. The molecule has 0 radical (unpaired) electrons. The number of hydrogen-bond donors (Lipinski definition) is 2. The van der Waals surface area contributed by atoms with Crippen molar-refractivity contribution in [3.05, 3.63) is 27.2 Å². The maximum atomic E-state index is 4.71. The molecule has 0 aromatic carbocycles. The number of aliphatic imine (C=N–C) groups is 1. The van der Waals surface area contributed by atoms with Crippen LogP contribution in [-0.2, 0) is 25.9 Å². The molecule has 1 unspecified atom stereocenters. The smallest absolute Gasteiger partial charge is 0.191 e. The van der Waals surface area contributed by atoms with Crippen LogP contribution in [0.5, 0.6) is 0 Å². The lowest BCUT2D eigenvalue weighted by Crippen LogP contribution is -2.47. The normalized spacial score (nSPS) is 17.4. The van der Waals surface area contributed by atoms with Crippen LogP contribution in [0.4, 0.5) is 0 Å². The van der Waals surface area contributed by atoms with E-state index in [1.807, 2.05) is 11.6 Å². The number of nitrogens with zero attached hydrogens (tertiary/aromatic N) is 5. The van der Waals surface area contributed by atoms with Crippen LogP contribution in [0.3, 0.4) is 0 Å². The molecular weight excluding hydrogens is 334 g/mol. The van der Waals surface area contributed by atoms with Gasteiger partial charge in [0.1, 0.15) is 10.8 Å². The Labute approximate surface area is 153 Å². The quantitative estimate of drug-likeness (QED) is 0.629.